The fraction of sp³-hybridized carbons (Fsp3) is 0.379. The molecule has 0 spiro atoms. The first kappa shape index (κ1) is 27.5. The van der Waals surface area contributed by atoms with E-state index in [2.05, 4.69) is 21.8 Å². The van der Waals surface area contributed by atoms with Gasteiger partial charge in [-0.3, -0.25) is 0 Å². The molecule has 0 amide bonds. The van der Waals surface area contributed by atoms with E-state index in [4.69, 9.17) is 26.3 Å². The second kappa shape index (κ2) is 10.8. The lowest BCUT2D eigenvalue weighted by atomic mass is 9.91. The molecule has 204 valence electrons. The number of carboxylic acids is 1. The van der Waals surface area contributed by atoms with Crippen molar-refractivity contribution < 1.29 is 14.6 Å². The molecule has 39 heavy (non-hydrogen) atoms. The third-order valence-electron chi connectivity index (χ3n) is 6.68. The van der Waals surface area contributed by atoms with Crippen molar-refractivity contribution in [1.82, 2.24) is 19.9 Å². The van der Waals surface area contributed by atoms with E-state index in [9.17, 15) is 9.90 Å². The first-order valence-electron chi connectivity index (χ1n) is 12.9. The van der Waals surface area contributed by atoms with Crippen LogP contribution in [0, 0.1) is 6.92 Å². The topological polar surface area (TPSA) is 91.7 Å². The number of benzene rings is 2. The number of nitrogens with zero attached hydrogens (tertiary/aromatic N) is 5. The Hall–Kier alpha value is -3.11. The van der Waals surface area contributed by atoms with E-state index in [1.165, 1.54) is 11.3 Å². The molecule has 0 aliphatic carbocycles. The monoisotopic (exact) mass is 565 g/mol. The molecule has 10 heteroatoms. The fourth-order valence-corrected chi connectivity index (χ4v) is 5.99. The van der Waals surface area contributed by atoms with Crippen LogP contribution in [0.3, 0.4) is 0 Å². The van der Waals surface area contributed by atoms with Crippen molar-refractivity contribution >= 4 is 44.9 Å². The van der Waals surface area contributed by atoms with Crippen LogP contribution >= 0.6 is 22.9 Å². The second-order valence-electron chi connectivity index (χ2n) is 10.8. The molecule has 8 nitrogen and oxygen atoms in total. The Morgan fingerprint density at radius 2 is 1.79 bits per heavy atom. The highest BCUT2D eigenvalue weighted by Crippen LogP contribution is 2.44. The minimum absolute atomic E-state index is 0.551. The average molecular weight is 566 g/mol. The number of aryl methyl sites for hydroxylation is 1. The lowest BCUT2D eigenvalue weighted by Gasteiger charge is -2.33. The van der Waals surface area contributed by atoms with Crippen molar-refractivity contribution in [3.8, 4) is 22.0 Å². The predicted octanol–water partition coefficient (Wildman–Crippen LogP) is 6.07. The molecule has 0 bridgehead atoms. The molecular formula is C29H32ClN5O3S. The van der Waals surface area contributed by atoms with E-state index in [1.54, 1.807) is 18.3 Å². The molecular weight excluding hydrogens is 534 g/mol. The van der Waals surface area contributed by atoms with Crippen LogP contribution < -0.4 is 4.90 Å². The minimum Gasteiger partial charge on any atom is -0.479 e. The third kappa shape index (κ3) is 5.91. The van der Waals surface area contributed by atoms with E-state index < -0.39 is 17.7 Å². The van der Waals surface area contributed by atoms with Gasteiger partial charge in [0.05, 0.1) is 15.8 Å². The zero-order valence-electron chi connectivity index (χ0n) is 22.7. The maximum Gasteiger partial charge on any atom is 0.337 e. The van der Waals surface area contributed by atoms with Gasteiger partial charge in [-0.2, -0.15) is 0 Å². The predicted molar refractivity (Wildman–Crippen MR) is 157 cm³/mol. The highest BCUT2D eigenvalue weighted by Gasteiger charge is 2.32. The van der Waals surface area contributed by atoms with Gasteiger partial charge >= 0.3 is 5.97 Å². The molecule has 0 radical (unpaired) electrons. The van der Waals surface area contributed by atoms with Gasteiger partial charge in [0, 0.05) is 48.5 Å². The lowest BCUT2D eigenvalue weighted by Crippen LogP contribution is -2.44. The van der Waals surface area contributed by atoms with Crippen LogP contribution in [0.15, 0.2) is 42.6 Å². The number of halogens is 1. The molecule has 1 N–H and O–H groups in total. The Morgan fingerprint density at radius 3 is 2.44 bits per heavy atom. The summed E-state index contributed by atoms with van der Waals surface area (Å²) in [6.45, 7) is 11.2. The molecule has 2 aromatic carbocycles. The second-order valence-corrected chi connectivity index (χ2v) is 12.3. The summed E-state index contributed by atoms with van der Waals surface area (Å²) in [7, 11) is 2.12. The molecule has 0 saturated carbocycles. The molecule has 1 saturated heterocycles. The van der Waals surface area contributed by atoms with E-state index >= 15 is 0 Å². The minimum atomic E-state index is -1.16. The molecule has 1 aliphatic heterocycles. The van der Waals surface area contributed by atoms with Crippen molar-refractivity contribution in [2.45, 2.75) is 39.4 Å². The summed E-state index contributed by atoms with van der Waals surface area (Å²) < 4.78 is 6.96. The lowest BCUT2D eigenvalue weighted by molar-refractivity contribution is -0.160. The SMILES string of the molecule is Cc1cc2nc(-c3nccc(N4CCN(C)CC4)n3)sc2c(-c2ccc(Cl)cc2)c1C(OC(C)(C)C)C(=O)O. The number of ether oxygens (including phenoxy) is 1. The van der Waals surface area contributed by atoms with Crippen molar-refractivity contribution in [1.29, 1.82) is 0 Å². The van der Waals surface area contributed by atoms with Crippen LogP contribution in [-0.4, -0.2) is 69.8 Å². The maximum atomic E-state index is 12.6. The van der Waals surface area contributed by atoms with Gasteiger partial charge in [-0.25, -0.2) is 19.7 Å². The Bertz CT molecular complexity index is 1510. The van der Waals surface area contributed by atoms with Crippen molar-refractivity contribution in [2.24, 2.45) is 0 Å². The number of anilines is 1. The molecule has 5 rings (SSSR count). The number of rotatable bonds is 6. The van der Waals surface area contributed by atoms with E-state index in [1.807, 2.05) is 52.0 Å². The molecule has 3 heterocycles. The van der Waals surface area contributed by atoms with Crippen LogP contribution in [0.1, 0.15) is 38.0 Å². The summed E-state index contributed by atoms with van der Waals surface area (Å²) in [4.78, 5) is 31.5. The van der Waals surface area contributed by atoms with Crippen LogP contribution in [-0.2, 0) is 9.53 Å². The van der Waals surface area contributed by atoms with Crippen LogP contribution in [0.25, 0.3) is 32.2 Å². The summed E-state index contributed by atoms with van der Waals surface area (Å²) in [6, 6.07) is 11.3. The summed E-state index contributed by atoms with van der Waals surface area (Å²) in [5, 5.41) is 11.5. The zero-order chi connectivity index (χ0) is 27.9. The van der Waals surface area contributed by atoms with Gasteiger partial charge in [0.15, 0.2) is 16.9 Å². The van der Waals surface area contributed by atoms with Crippen LogP contribution in [0.4, 0.5) is 5.82 Å². The number of hydrogen-bond acceptors (Lipinski definition) is 8. The number of fused-ring (bicyclic) bond motifs is 1. The van der Waals surface area contributed by atoms with Gasteiger partial charge in [-0.05, 0) is 70.1 Å². The summed E-state index contributed by atoms with van der Waals surface area (Å²) in [5.74, 6) is 0.386. The number of carbonyl (C=O) groups is 1. The Balaban J connectivity index is 1.67. The standard InChI is InChI=1S/C29H32ClN5O3S/c1-17-16-20-25(39-27(32-20)26-31-11-10-21(33-26)35-14-12-34(5)13-15-35)23(18-6-8-19(30)9-7-18)22(17)24(28(36)37)38-29(2,3)4/h6-11,16,24H,12-15H2,1-5H3,(H,36,37). The third-order valence-corrected chi connectivity index (χ3v) is 8.01. The zero-order valence-corrected chi connectivity index (χ0v) is 24.3. The van der Waals surface area contributed by atoms with Crippen molar-refractivity contribution in [2.75, 3.05) is 38.1 Å². The molecule has 4 aromatic rings. The summed E-state index contributed by atoms with van der Waals surface area (Å²) >= 11 is 7.67. The normalized spacial score (nSPS) is 15.6. The van der Waals surface area contributed by atoms with Crippen molar-refractivity contribution in [3.05, 3.63) is 58.7 Å². The van der Waals surface area contributed by atoms with Gasteiger partial charge in [-0.1, -0.05) is 23.7 Å². The average Bonchev–Trinajstić information content (AvgIpc) is 3.31. The molecule has 1 fully saturated rings. The van der Waals surface area contributed by atoms with E-state index in [0.29, 0.717) is 21.4 Å². The largest absolute Gasteiger partial charge is 0.479 e. The summed E-state index contributed by atoms with van der Waals surface area (Å²) in [5.41, 5.74) is 3.10. The smallest absolute Gasteiger partial charge is 0.337 e. The number of thiazole rings is 1. The number of piperazine rings is 1. The van der Waals surface area contributed by atoms with Gasteiger partial charge in [0.2, 0.25) is 0 Å². The maximum absolute atomic E-state index is 12.6. The Morgan fingerprint density at radius 1 is 1.10 bits per heavy atom. The van der Waals surface area contributed by atoms with Crippen LogP contribution in [0.2, 0.25) is 5.02 Å². The first-order chi connectivity index (χ1) is 18.5. The van der Waals surface area contributed by atoms with Gasteiger partial charge < -0.3 is 19.6 Å². The Labute approximate surface area is 237 Å². The van der Waals surface area contributed by atoms with E-state index in [0.717, 1.165) is 58.9 Å². The number of aromatic nitrogens is 3. The van der Waals surface area contributed by atoms with Gasteiger partial charge in [0.1, 0.15) is 5.82 Å². The first-order valence-corrected chi connectivity index (χ1v) is 14.1. The van der Waals surface area contributed by atoms with Gasteiger partial charge in [0.25, 0.3) is 0 Å². The quantitative estimate of drug-likeness (QED) is 0.301. The van der Waals surface area contributed by atoms with Crippen molar-refractivity contribution in [3.63, 3.8) is 0 Å². The summed E-state index contributed by atoms with van der Waals surface area (Å²) in [6.07, 6.45) is 0.610. The fourth-order valence-electron chi connectivity index (χ4n) is 4.80. The van der Waals surface area contributed by atoms with E-state index in [-0.39, 0.29) is 0 Å². The number of carboxylic acid groups (broad SMARTS) is 1. The molecule has 1 unspecified atom stereocenters. The number of likely N-dealkylation sites (N-methyl/N-ethyl adjacent to an activating group) is 1. The molecule has 2 aromatic heterocycles. The number of hydrogen-bond donors (Lipinski definition) is 1. The van der Waals surface area contributed by atoms with Gasteiger partial charge in [-0.15, -0.1) is 11.3 Å². The highest BCUT2D eigenvalue weighted by atomic mass is 35.5. The molecule has 1 aliphatic rings. The highest BCUT2D eigenvalue weighted by molar-refractivity contribution is 7.22. The molecule has 1 atom stereocenters. The van der Waals surface area contributed by atoms with Crippen LogP contribution in [0.5, 0.6) is 0 Å². The Kier molecular flexibility index (Phi) is 7.61. The number of aliphatic carboxylic acids is 1.